The Hall–Kier alpha value is -3.56. The van der Waals surface area contributed by atoms with Gasteiger partial charge in [-0.15, -0.1) is 0 Å². The van der Waals surface area contributed by atoms with E-state index in [4.69, 9.17) is 9.47 Å². The zero-order valence-corrected chi connectivity index (χ0v) is 22.4. The molecular weight excluding hydrogens is 498 g/mol. The average Bonchev–Trinajstić information content (AvgIpc) is 3.27. The summed E-state index contributed by atoms with van der Waals surface area (Å²) >= 11 is 0. The van der Waals surface area contributed by atoms with Crippen molar-refractivity contribution in [3.63, 3.8) is 0 Å². The van der Waals surface area contributed by atoms with Crippen LogP contribution in [0.4, 0.5) is 0 Å². The number of ketones is 2. The fourth-order valence-corrected chi connectivity index (χ4v) is 5.59. The third-order valence-electron chi connectivity index (χ3n) is 8.09. The number of hydrogen-bond acceptors (Lipinski definition) is 6. The third-order valence-corrected chi connectivity index (χ3v) is 8.09. The molecule has 39 heavy (non-hydrogen) atoms. The Labute approximate surface area is 228 Å². The quantitative estimate of drug-likeness (QED) is 0.301. The van der Waals surface area contributed by atoms with E-state index < -0.39 is 6.04 Å². The molecule has 0 aromatic heterocycles. The number of carbonyl (C=O) groups is 4. The molecule has 1 aliphatic carbocycles. The van der Waals surface area contributed by atoms with Gasteiger partial charge in [-0.1, -0.05) is 18.2 Å². The van der Waals surface area contributed by atoms with Gasteiger partial charge >= 0.3 is 0 Å². The highest BCUT2D eigenvalue weighted by atomic mass is 16.5. The van der Waals surface area contributed by atoms with Gasteiger partial charge in [0.05, 0.1) is 45.8 Å². The van der Waals surface area contributed by atoms with E-state index in [1.807, 2.05) is 18.2 Å². The molecule has 2 heterocycles. The van der Waals surface area contributed by atoms with Crippen LogP contribution in [0.1, 0.15) is 57.5 Å². The fraction of sp³-hybridized carbons (Fsp3) is 0.467. The molecule has 1 atom stereocenters. The molecule has 2 aliphatic heterocycles. The second kappa shape index (κ2) is 11.7. The van der Waals surface area contributed by atoms with Gasteiger partial charge in [0.1, 0.15) is 31.2 Å². The first-order valence-electron chi connectivity index (χ1n) is 13.7. The van der Waals surface area contributed by atoms with Crippen LogP contribution in [0.25, 0.3) is 0 Å². The molecule has 2 amide bonds. The smallest absolute Gasteiger partial charge is 0.255 e. The van der Waals surface area contributed by atoms with Crippen LogP contribution in [-0.4, -0.2) is 85.2 Å². The average molecular weight is 535 g/mol. The molecule has 206 valence electrons. The highest BCUT2D eigenvalue weighted by Crippen LogP contribution is 2.34. The molecule has 2 fully saturated rings. The van der Waals surface area contributed by atoms with Crippen molar-refractivity contribution in [3.05, 3.63) is 64.7 Å². The Morgan fingerprint density at radius 2 is 1.87 bits per heavy atom. The summed E-state index contributed by atoms with van der Waals surface area (Å²) in [5.74, 6) is 0.0602. The topological polar surface area (TPSA) is 102 Å². The van der Waals surface area contributed by atoms with E-state index in [1.54, 1.807) is 29.2 Å². The van der Waals surface area contributed by atoms with E-state index in [1.165, 1.54) is 0 Å². The van der Waals surface area contributed by atoms with Crippen molar-refractivity contribution in [2.75, 3.05) is 46.4 Å². The van der Waals surface area contributed by atoms with Gasteiger partial charge in [0.2, 0.25) is 0 Å². The summed E-state index contributed by atoms with van der Waals surface area (Å²) in [4.78, 5) is 51.2. The summed E-state index contributed by atoms with van der Waals surface area (Å²) in [6, 6.07) is 12.1. The van der Waals surface area contributed by atoms with E-state index in [0.29, 0.717) is 42.8 Å². The zero-order chi connectivity index (χ0) is 27.4. The first-order chi connectivity index (χ1) is 18.8. The van der Waals surface area contributed by atoms with Crippen molar-refractivity contribution in [2.45, 2.75) is 44.9 Å². The standard InChI is InChI=1S/C30H35N3O6/c1-33(14-16-38-17-15-33)13-3-12-31-29(36)22-8-6-21(7-9-22)20-39-28-5-2-4-24-25(28)19-32(30(24)37)26-11-10-23(34)18-27(26)35/h2,4-9,26H,3,10-20H2,1H3/p+1. The Morgan fingerprint density at radius 1 is 1.10 bits per heavy atom. The highest BCUT2D eigenvalue weighted by Gasteiger charge is 2.40. The molecule has 9 heteroatoms. The maximum absolute atomic E-state index is 13.0. The van der Waals surface area contributed by atoms with E-state index in [0.717, 1.165) is 54.9 Å². The number of morpholine rings is 1. The van der Waals surface area contributed by atoms with Crippen LogP contribution in [0.2, 0.25) is 0 Å². The second-order valence-corrected chi connectivity index (χ2v) is 10.9. The maximum Gasteiger partial charge on any atom is 0.255 e. The number of nitrogens with zero attached hydrogens (tertiary/aromatic N) is 2. The van der Waals surface area contributed by atoms with E-state index in [9.17, 15) is 19.2 Å². The van der Waals surface area contributed by atoms with Crippen LogP contribution in [0.15, 0.2) is 42.5 Å². The number of rotatable bonds is 9. The third kappa shape index (κ3) is 6.20. The lowest BCUT2D eigenvalue weighted by atomic mass is 9.92. The Morgan fingerprint density at radius 3 is 2.62 bits per heavy atom. The summed E-state index contributed by atoms with van der Waals surface area (Å²) in [7, 11) is 2.24. The number of likely N-dealkylation sites (N-methyl/N-ethyl adjacent to an activating group) is 1. The summed E-state index contributed by atoms with van der Waals surface area (Å²) in [5, 5.41) is 3.01. The van der Waals surface area contributed by atoms with Gasteiger partial charge in [-0.2, -0.15) is 0 Å². The molecule has 0 radical (unpaired) electrons. The minimum absolute atomic E-state index is 0.0627. The van der Waals surface area contributed by atoms with Crippen molar-refractivity contribution in [3.8, 4) is 5.75 Å². The van der Waals surface area contributed by atoms with Crippen molar-refractivity contribution < 1.29 is 33.1 Å². The first-order valence-corrected chi connectivity index (χ1v) is 13.7. The summed E-state index contributed by atoms with van der Waals surface area (Å²) in [6.07, 6.45) is 1.52. The summed E-state index contributed by atoms with van der Waals surface area (Å²) < 4.78 is 12.5. The van der Waals surface area contributed by atoms with Crippen LogP contribution >= 0.6 is 0 Å². The second-order valence-electron chi connectivity index (χ2n) is 10.9. The molecule has 0 spiro atoms. The number of carbonyl (C=O) groups excluding carboxylic acids is 4. The number of Topliss-reactive ketones (excluding diaryl/α,β-unsaturated/α-hetero) is 2. The molecule has 9 nitrogen and oxygen atoms in total. The lowest BCUT2D eigenvalue weighted by molar-refractivity contribution is -0.916. The molecule has 1 unspecified atom stereocenters. The van der Waals surface area contributed by atoms with Crippen molar-refractivity contribution in [2.24, 2.45) is 0 Å². The van der Waals surface area contributed by atoms with E-state index >= 15 is 0 Å². The van der Waals surface area contributed by atoms with E-state index in [-0.39, 0.29) is 36.4 Å². The Kier molecular flexibility index (Phi) is 8.09. The minimum Gasteiger partial charge on any atom is -0.489 e. The van der Waals surface area contributed by atoms with Crippen molar-refractivity contribution >= 4 is 23.4 Å². The van der Waals surface area contributed by atoms with Gasteiger partial charge in [0.15, 0.2) is 5.78 Å². The molecule has 2 aromatic rings. The van der Waals surface area contributed by atoms with Crippen LogP contribution in [0.3, 0.4) is 0 Å². The highest BCUT2D eigenvalue weighted by molar-refractivity contribution is 6.07. The van der Waals surface area contributed by atoms with Gasteiger partial charge in [0.25, 0.3) is 11.8 Å². The largest absolute Gasteiger partial charge is 0.489 e. The predicted octanol–water partition coefficient (Wildman–Crippen LogP) is 2.51. The fourth-order valence-electron chi connectivity index (χ4n) is 5.59. The lowest BCUT2D eigenvalue weighted by Gasteiger charge is -2.37. The van der Waals surface area contributed by atoms with Crippen LogP contribution in [0, 0.1) is 0 Å². The molecule has 0 bridgehead atoms. The Balaban J connectivity index is 1.13. The van der Waals surface area contributed by atoms with E-state index in [2.05, 4.69) is 12.4 Å². The molecule has 5 rings (SSSR count). The number of quaternary nitrogens is 1. The summed E-state index contributed by atoms with van der Waals surface area (Å²) in [5.41, 5.74) is 2.80. The zero-order valence-electron chi connectivity index (χ0n) is 22.4. The van der Waals surface area contributed by atoms with Crippen LogP contribution in [0.5, 0.6) is 5.75 Å². The SMILES string of the molecule is C[N+]1(CCCNC(=O)c2ccc(COc3cccc4c3CN(C3CCC(=O)CC3=O)C4=O)cc2)CCOCC1. The number of fused-ring (bicyclic) bond motifs is 1. The van der Waals surface area contributed by atoms with Crippen molar-refractivity contribution in [1.82, 2.24) is 10.2 Å². The van der Waals surface area contributed by atoms with Gasteiger partial charge in [0, 0.05) is 36.1 Å². The van der Waals surface area contributed by atoms with Crippen LogP contribution in [-0.2, 0) is 27.5 Å². The summed E-state index contributed by atoms with van der Waals surface area (Å²) in [6.45, 7) is 5.85. The predicted molar refractivity (Wildman–Crippen MR) is 143 cm³/mol. The Bertz CT molecular complexity index is 1250. The lowest BCUT2D eigenvalue weighted by Crippen LogP contribution is -2.52. The van der Waals surface area contributed by atoms with Gasteiger partial charge in [-0.3, -0.25) is 19.2 Å². The first kappa shape index (κ1) is 27.0. The monoisotopic (exact) mass is 534 g/mol. The molecule has 3 aliphatic rings. The molecule has 1 saturated heterocycles. The molecule has 1 saturated carbocycles. The van der Waals surface area contributed by atoms with Crippen LogP contribution < -0.4 is 10.1 Å². The van der Waals surface area contributed by atoms with Gasteiger partial charge < -0.3 is 24.2 Å². The maximum atomic E-state index is 13.0. The number of benzene rings is 2. The molecule has 1 N–H and O–H groups in total. The number of nitrogens with one attached hydrogen (secondary N) is 1. The number of amides is 2. The normalized spacial score (nSPS) is 20.6. The minimum atomic E-state index is -0.557. The van der Waals surface area contributed by atoms with Gasteiger partial charge in [-0.25, -0.2) is 0 Å². The molecule has 2 aromatic carbocycles. The number of hydrogen-bond donors (Lipinski definition) is 1. The van der Waals surface area contributed by atoms with Gasteiger partial charge in [-0.05, 0) is 36.2 Å². The number of ether oxygens (including phenoxy) is 2. The van der Waals surface area contributed by atoms with Crippen molar-refractivity contribution in [1.29, 1.82) is 0 Å². The molecular formula is C30H36N3O6+.